The minimum atomic E-state index is -0.483. The molecule has 1 aromatic carbocycles. The van der Waals surface area contributed by atoms with Gasteiger partial charge in [0.25, 0.3) is 0 Å². The number of halogens is 2. The lowest BCUT2D eigenvalue weighted by Crippen LogP contribution is -2.09. The van der Waals surface area contributed by atoms with Crippen molar-refractivity contribution in [3.8, 4) is 0 Å². The van der Waals surface area contributed by atoms with Crippen LogP contribution in [-0.4, -0.2) is 7.85 Å². The first-order valence-electron chi connectivity index (χ1n) is 3.03. The van der Waals surface area contributed by atoms with Gasteiger partial charge in [-0.15, -0.1) is 0 Å². The normalized spacial score (nSPS) is 9.90. The summed E-state index contributed by atoms with van der Waals surface area (Å²) in [4.78, 5) is 0. The standard InChI is InChI=1S/C7H7BF2/c1-4-2-5(8)7(10)3-6(4)9/h2-3H,8H2,1H3. The predicted octanol–water partition coefficient (Wildman–Crippen LogP) is 0.532. The van der Waals surface area contributed by atoms with Gasteiger partial charge in [-0.2, -0.15) is 0 Å². The maximum Gasteiger partial charge on any atom is 0.143 e. The molecule has 0 heterocycles. The van der Waals surface area contributed by atoms with E-state index in [2.05, 4.69) is 0 Å². The lowest BCUT2D eigenvalue weighted by molar-refractivity contribution is 0.582. The summed E-state index contributed by atoms with van der Waals surface area (Å²) >= 11 is 0. The summed E-state index contributed by atoms with van der Waals surface area (Å²) in [5, 5.41) is 0. The van der Waals surface area contributed by atoms with E-state index in [9.17, 15) is 8.78 Å². The lowest BCUT2D eigenvalue weighted by atomic mass is 9.94. The topological polar surface area (TPSA) is 0 Å². The summed E-state index contributed by atoms with van der Waals surface area (Å²) in [6.45, 7) is 1.61. The van der Waals surface area contributed by atoms with E-state index in [1.165, 1.54) is 6.07 Å². The third-order valence-electron chi connectivity index (χ3n) is 1.44. The minimum absolute atomic E-state index is 0.483. The Balaban J connectivity index is 3.28. The molecule has 0 aliphatic heterocycles. The molecule has 0 aliphatic carbocycles. The molecule has 0 atom stereocenters. The van der Waals surface area contributed by atoms with E-state index in [4.69, 9.17) is 0 Å². The molecule has 0 aliphatic rings. The highest BCUT2D eigenvalue weighted by atomic mass is 19.1. The van der Waals surface area contributed by atoms with E-state index in [1.807, 2.05) is 0 Å². The fraction of sp³-hybridized carbons (Fsp3) is 0.143. The van der Waals surface area contributed by atoms with E-state index < -0.39 is 11.6 Å². The zero-order valence-corrected chi connectivity index (χ0v) is 5.91. The monoisotopic (exact) mass is 140 g/mol. The highest BCUT2D eigenvalue weighted by Gasteiger charge is 2.01. The van der Waals surface area contributed by atoms with E-state index in [0.717, 1.165) is 6.07 Å². The smallest absolute Gasteiger partial charge is 0.143 e. The van der Waals surface area contributed by atoms with Crippen LogP contribution in [0.2, 0.25) is 0 Å². The van der Waals surface area contributed by atoms with E-state index in [0.29, 0.717) is 11.0 Å². The van der Waals surface area contributed by atoms with Crippen LogP contribution in [0.25, 0.3) is 0 Å². The molecule has 3 heteroatoms. The van der Waals surface area contributed by atoms with Gasteiger partial charge in [0.05, 0.1) is 0 Å². The molecule has 0 spiro atoms. The van der Waals surface area contributed by atoms with E-state index in [1.54, 1.807) is 14.8 Å². The fourth-order valence-electron chi connectivity index (χ4n) is 0.802. The first-order chi connectivity index (χ1) is 4.61. The van der Waals surface area contributed by atoms with Crippen LogP contribution in [0.15, 0.2) is 12.1 Å². The van der Waals surface area contributed by atoms with E-state index >= 15 is 0 Å². The first-order valence-corrected chi connectivity index (χ1v) is 3.03. The average molecular weight is 140 g/mol. The second-order valence-corrected chi connectivity index (χ2v) is 2.35. The van der Waals surface area contributed by atoms with Crippen LogP contribution < -0.4 is 5.46 Å². The predicted molar refractivity (Wildman–Crippen MR) is 39.3 cm³/mol. The van der Waals surface area contributed by atoms with Gasteiger partial charge >= 0.3 is 0 Å². The van der Waals surface area contributed by atoms with Gasteiger partial charge in [0.1, 0.15) is 19.5 Å². The SMILES string of the molecule is Bc1cc(C)c(F)cc1F. The van der Waals surface area contributed by atoms with Gasteiger partial charge in [-0.25, -0.2) is 8.78 Å². The average Bonchev–Trinajstić information content (AvgIpc) is 1.84. The highest BCUT2D eigenvalue weighted by molar-refractivity contribution is 6.32. The number of rotatable bonds is 0. The molecule has 0 saturated carbocycles. The summed E-state index contributed by atoms with van der Waals surface area (Å²) in [6, 6.07) is 2.40. The van der Waals surface area contributed by atoms with Crippen LogP contribution in [-0.2, 0) is 0 Å². The van der Waals surface area contributed by atoms with Gasteiger partial charge in [0.15, 0.2) is 0 Å². The lowest BCUT2D eigenvalue weighted by Gasteiger charge is -1.98. The summed E-state index contributed by atoms with van der Waals surface area (Å²) in [7, 11) is 1.61. The Morgan fingerprint density at radius 1 is 1.20 bits per heavy atom. The summed E-state index contributed by atoms with van der Waals surface area (Å²) in [5.74, 6) is -0.966. The van der Waals surface area contributed by atoms with Crippen LogP contribution >= 0.6 is 0 Å². The quantitative estimate of drug-likeness (QED) is 0.461. The Hall–Kier alpha value is -0.855. The van der Waals surface area contributed by atoms with Crippen molar-refractivity contribution in [3.63, 3.8) is 0 Å². The highest BCUT2D eigenvalue weighted by Crippen LogP contribution is 2.04. The minimum Gasteiger partial charge on any atom is -0.208 e. The second kappa shape index (κ2) is 2.41. The summed E-state index contributed by atoms with van der Waals surface area (Å²) in [5.41, 5.74) is 0.970. The molecule has 0 fully saturated rings. The molecule has 0 amide bonds. The van der Waals surface area contributed by atoms with Crippen LogP contribution in [0.3, 0.4) is 0 Å². The fourth-order valence-corrected chi connectivity index (χ4v) is 0.802. The van der Waals surface area contributed by atoms with Crippen molar-refractivity contribution in [2.75, 3.05) is 0 Å². The Labute approximate surface area is 59.3 Å². The van der Waals surface area contributed by atoms with Crippen molar-refractivity contribution >= 4 is 13.3 Å². The molecule has 0 unspecified atom stereocenters. The van der Waals surface area contributed by atoms with Crippen molar-refractivity contribution in [3.05, 3.63) is 29.3 Å². The Kier molecular flexibility index (Phi) is 1.75. The molecule has 0 saturated heterocycles. The van der Waals surface area contributed by atoms with Gasteiger partial charge in [-0.05, 0) is 12.5 Å². The zero-order chi connectivity index (χ0) is 7.72. The molecule has 0 nitrogen and oxygen atoms in total. The van der Waals surface area contributed by atoms with Crippen LogP contribution in [0.4, 0.5) is 8.78 Å². The maximum absolute atomic E-state index is 12.5. The molecule has 0 radical (unpaired) electrons. The summed E-state index contributed by atoms with van der Waals surface area (Å²) < 4.78 is 25.0. The van der Waals surface area contributed by atoms with Crippen LogP contribution in [0.1, 0.15) is 5.56 Å². The molecule has 0 aromatic heterocycles. The Bertz CT molecular complexity index is 208. The molecule has 10 heavy (non-hydrogen) atoms. The molecular formula is C7H7BF2. The second-order valence-electron chi connectivity index (χ2n) is 2.35. The van der Waals surface area contributed by atoms with Crippen molar-refractivity contribution in [1.29, 1.82) is 0 Å². The third-order valence-corrected chi connectivity index (χ3v) is 1.44. The third kappa shape index (κ3) is 1.18. The van der Waals surface area contributed by atoms with Crippen LogP contribution in [0.5, 0.6) is 0 Å². The van der Waals surface area contributed by atoms with Crippen molar-refractivity contribution < 1.29 is 8.78 Å². The number of hydrogen-bond donors (Lipinski definition) is 0. The Morgan fingerprint density at radius 3 is 2.30 bits per heavy atom. The molecule has 0 N–H and O–H groups in total. The summed E-state index contributed by atoms with van der Waals surface area (Å²) in [6.07, 6.45) is 0. The van der Waals surface area contributed by atoms with Gasteiger partial charge in [0, 0.05) is 6.07 Å². The van der Waals surface area contributed by atoms with E-state index in [-0.39, 0.29) is 0 Å². The van der Waals surface area contributed by atoms with Crippen molar-refractivity contribution in [2.24, 2.45) is 0 Å². The van der Waals surface area contributed by atoms with Gasteiger partial charge < -0.3 is 0 Å². The van der Waals surface area contributed by atoms with Crippen molar-refractivity contribution in [2.45, 2.75) is 6.92 Å². The van der Waals surface area contributed by atoms with Gasteiger partial charge in [0.2, 0.25) is 0 Å². The van der Waals surface area contributed by atoms with Crippen LogP contribution in [0, 0.1) is 18.6 Å². The van der Waals surface area contributed by atoms with Gasteiger partial charge in [-0.3, -0.25) is 0 Å². The van der Waals surface area contributed by atoms with Gasteiger partial charge in [-0.1, -0.05) is 11.5 Å². The zero-order valence-electron chi connectivity index (χ0n) is 5.91. The molecule has 1 rings (SSSR count). The number of aryl methyl sites for hydroxylation is 1. The number of hydrogen-bond acceptors (Lipinski definition) is 0. The molecule has 1 aromatic rings. The molecule has 0 bridgehead atoms. The number of benzene rings is 1. The largest absolute Gasteiger partial charge is 0.208 e. The first kappa shape index (κ1) is 7.25. The maximum atomic E-state index is 12.5. The van der Waals surface area contributed by atoms with Crippen molar-refractivity contribution in [1.82, 2.24) is 0 Å². The molecule has 52 valence electrons. The Morgan fingerprint density at radius 2 is 1.80 bits per heavy atom. The molecular weight excluding hydrogens is 133 g/mol.